The number of nitrogens with two attached hydrogens (primary N) is 1. The molecule has 2 N–H and O–H groups in total. The Bertz CT molecular complexity index is 1350. The standard InChI is InChI=1S/C27H31N6.2HI/c1-4-33(3,5-2)17-9-16-32-26-18-21(28)12-14-24(26)23-15-13-22(30-31-29)19-25(23)27(32)20-10-7-6-8-11-20;;/h6-8,10-15,18-19,28H,4-5,9,16-17H2,1-3H3;2*1H/q+1;;/p-1. The van der Waals surface area contributed by atoms with Crippen molar-refractivity contribution >= 4 is 33.1 Å². The number of fused-ring (bicyclic) bond motifs is 3. The molecular formula is C27H32I2N6. The van der Waals surface area contributed by atoms with Crippen molar-refractivity contribution in [1.29, 1.82) is 0 Å². The van der Waals surface area contributed by atoms with Crippen molar-refractivity contribution in [2.45, 2.75) is 26.8 Å². The van der Waals surface area contributed by atoms with Crippen LogP contribution in [0.4, 0.5) is 11.4 Å². The van der Waals surface area contributed by atoms with Gasteiger partial charge in [-0.15, -0.1) is 0 Å². The minimum absolute atomic E-state index is 0. The van der Waals surface area contributed by atoms with E-state index in [2.05, 4.69) is 78.0 Å². The monoisotopic (exact) mass is 694 g/mol. The molecule has 184 valence electrons. The van der Waals surface area contributed by atoms with E-state index in [4.69, 9.17) is 11.3 Å². The highest BCUT2D eigenvalue weighted by atomic mass is 127. The fourth-order valence-electron chi connectivity index (χ4n) is 4.63. The average molecular weight is 694 g/mol. The molecule has 0 amide bonds. The van der Waals surface area contributed by atoms with Gasteiger partial charge in [0.05, 0.1) is 43.9 Å². The van der Waals surface area contributed by atoms with Crippen LogP contribution in [0.1, 0.15) is 20.3 Å². The number of aromatic nitrogens is 1. The van der Waals surface area contributed by atoms with Crippen molar-refractivity contribution in [1.82, 2.24) is 0 Å². The van der Waals surface area contributed by atoms with E-state index in [1.807, 2.05) is 24.3 Å². The Labute approximate surface area is 241 Å². The second kappa shape index (κ2) is 12.7. The second-order valence-corrected chi connectivity index (χ2v) is 8.89. The first-order valence-corrected chi connectivity index (χ1v) is 11.6. The van der Waals surface area contributed by atoms with Crippen LogP contribution in [0, 0.1) is 0 Å². The van der Waals surface area contributed by atoms with E-state index < -0.39 is 0 Å². The first-order valence-electron chi connectivity index (χ1n) is 11.6. The zero-order valence-corrected chi connectivity index (χ0v) is 24.8. The molecule has 4 aromatic rings. The van der Waals surface area contributed by atoms with Crippen LogP contribution in [0.2, 0.25) is 0 Å². The maximum atomic E-state index is 9.01. The predicted molar refractivity (Wildman–Crippen MR) is 137 cm³/mol. The molecule has 1 heterocycles. The summed E-state index contributed by atoms with van der Waals surface area (Å²) in [4.78, 5) is 3.01. The van der Waals surface area contributed by atoms with Crippen LogP contribution < -0.4 is 58.3 Å². The first kappa shape index (κ1) is 29.1. The van der Waals surface area contributed by atoms with Crippen molar-refractivity contribution in [2.24, 2.45) is 5.11 Å². The van der Waals surface area contributed by atoms with Crippen molar-refractivity contribution in [3.05, 3.63) is 77.2 Å². The third-order valence-corrected chi connectivity index (χ3v) is 6.94. The van der Waals surface area contributed by atoms with Crippen LogP contribution in [-0.4, -0.2) is 31.2 Å². The number of quaternary nitrogens is 1. The molecule has 0 radical (unpaired) electrons. The minimum atomic E-state index is 0. The fourth-order valence-corrected chi connectivity index (χ4v) is 4.63. The van der Waals surface area contributed by atoms with Gasteiger partial charge in [0.15, 0.2) is 6.54 Å². The Morgan fingerprint density at radius 2 is 1.60 bits per heavy atom. The predicted octanol–water partition coefficient (Wildman–Crippen LogP) is 0.356. The molecule has 0 aliphatic carbocycles. The summed E-state index contributed by atoms with van der Waals surface area (Å²) in [6, 6.07) is 22.5. The van der Waals surface area contributed by atoms with Gasteiger partial charge in [-0.2, -0.15) is 4.57 Å². The molecule has 0 aliphatic heterocycles. The largest absolute Gasteiger partial charge is 1.00 e. The molecule has 6 nitrogen and oxygen atoms in total. The summed E-state index contributed by atoms with van der Waals surface area (Å²) in [5.74, 6) is 0. The molecule has 0 bridgehead atoms. The number of pyridine rings is 1. The second-order valence-electron chi connectivity index (χ2n) is 8.89. The molecule has 0 unspecified atom stereocenters. The van der Waals surface area contributed by atoms with Crippen LogP contribution in [0.3, 0.4) is 0 Å². The van der Waals surface area contributed by atoms with Gasteiger partial charge in [0.2, 0.25) is 11.2 Å². The summed E-state index contributed by atoms with van der Waals surface area (Å²) in [5.41, 5.74) is 20.0. The lowest BCUT2D eigenvalue weighted by atomic mass is 9.98. The number of hydrogen-bond acceptors (Lipinski definition) is 2. The Morgan fingerprint density at radius 3 is 2.26 bits per heavy atom. The van der Waals surface area contributed by atoms with E-state index in [1.165, 1.54) is 0 Å². The number of halogens is 2. The number of rotatable bonds is 8. The van der Waals surface area contributed by atoms with Crippen LogP contribution in [0.25, 0.3) is 43.4 Å². The third-order valence-electron chi connectivity index (χ3n) is 6.94. The van der Waals surface area contributed by atoms with Gasteiger partial charge in [-0.05, 0) is 49.7 Å². The summed E-state index contributed by atoms with van der Waals surface area (Å²) in [6.45, 7) is 8.74. The molecule has 8 heteroatoms. The molecule has 0 spiro atoms. The Kier molecular flexibility index (Phi) is 10.6. The number of azide groups is 1. The number of hydrogen-bond donors (Lipinski definition) is 1. The highest BCUT2D eigenvalue weighted by Gasteiger charge is 2.25. The summed E-state index contributed by atoms with van der Waals surface area (Å²) < 4.78 is 3.45. The number of nitrogen functional groups attached to an aromatic ring is 1. The molecule has 3 aromatic carbocycles. The fraction of sp³-hybridized carbons (Fsp3) is 0.296. The molecule has 4 rings (SSSR count). The Balaban J connectivity index is 0.00000216. The quantitative estimate of drug-likeness (QED) is 0.0416. The van der Waals surface area contributed by atoms with Crippen molar-refractivity contribution in [2.75, 3.05) is 32.4 Å². The van der Waals surface area contributed by atoms with Crippen LogP contribution in [0.5, 0.6) is 0 Å². The van der Waals surface area contributed by atoms with E-state index in [9.17, 15) is 0 Å². The topological polar surface area (TPSA) is 78.7 Å². The summed E-state index contributed by atoms with van der Waals surface area (Å²) in [7, 11) is 2.32. The number of nitrogens with zero attached hydrogens (tertiary/aromatic N) is 5. The normalized spacial score (nSPS) is 10.9. The van der Waals surface area contributed by atoms with Gasteiger partial charge in [0, 0.05) is 33.3 Å². The van der Waals surface area contributed by atoms with Crippen molar-refractivity contribution < 1.29 is 57.0 Å². The Morgan fingerprint density at radius 1 is 0.914 bits per heavy atom. The van der Waals surface area contributed by atoms with Gasteiger partial charge >= 0.3 is 0 Å². The lowest BCUT2D eigenvalue weighted by molar-refractivity contribution is -0.908. The molecule has 0 aliphatic rings. The van der Waals surface area contributed by atoms with E-state index >= 15 is 0 Å². The van der Waals surface area contributed by atoms with Crippen LogP contribution in [0.15, 0.2) is 71.8 Å². The van der Waals surface area contributed by atoms with Gasteiger partial charge in [-0.3, -0.25) is 0 Å². The van der Waals surface area contributed by atoms with Gasteiger partial charge < -0.3 is 58.2 Å². The maximum Gasteiger partial charge on any atom is 0.220 e. The van der Waals surface area contributed by atoms with E-state index in [-0.39, 0.29) is 48.0 Å². The Hall–Kier alpha value is -2.14. The van der Waals surface area contributed by atoms with E-state index in [0.717, 1.165) is 75.7 Å². The molecule has 0 saturated carbocycles. The zero-order chi connectivity index (χ0) is 23.4. The van der Waals surface area contributed by atoms with Gasteiger partial charge in [-0.25, -0.2) is 0 Å². The lowest BCUT2D eigenvalue weighted by Gasteiger charge is -2.31. The third kappa shape index (κ3) is 6.17. The van der Waals surface area contributed by atoms with Crippen LogP contribution >= 0.6 is 0 Å². The molecule has 0 fully saturated rings. The summed E-state index contributed by atoms with van der Waals surface area (Å²) >= 11 is 0. The highest BCUT2D eigenvalue weighted by molar-refractivity contribution is 6.10. The van der Waals surface area contributed by atoms with Crippen LogP contribution in [-0.2, 0) is 6.54 Å². The number of aryl methyl sites for hydroxylation is 1. The van der Waals surface area contributed by atoms with Gasteiger partial charge in [0.1, 0.15) is 0 Å². The lowest BCUT2D eigenvalue weighted by Crippen LogP contribution is -3.00. The van der Waals surface area contributed by atoms with E-state index in [0.29, 0.717) is 5.69 Å². The smallest absolute Gasteiger partial charge is 0.220 e. The summed E-state index contributed by atoms with van der Waals surface area (Å²) in [5, 5.41) is 7.23. The van der Waals surface area contributed by atoms with Gasteiger partial charge in [-0.1, -0.05) is 35.4 Å². The SMILES string of the molecule is CC[N+](C)(CC)CCC[n+]1c(-c2ccccc2)c2cc(N=[N+]=[N-])ccc2c2ccc(N)cc21.[I-].[I-]. The highest BCUT2D eigenvalue weighted by Crippen LogP contribution is 2.34. The first-order chi connectivity index (χ1) is 16.0. The molecular weight excluding hydrogens is 662 g/mol. The van der Waals surface area contributed by atoms with E-state index in [1.54, 1.807) is 0 Å². The number of anilines is 1. The van der Waals surface area contributed by atoms with Crippen molar-refractivity contribution in [3.8, 4) is 11.3 Å². The molecule has 35 heavy (non-hydrogen) atoms. The average Bonchev–Trinajstić information content (AvgIpc) is 2.84. The minimum Gasteiger partial charge on any atom is -1.00 e. The maximum absolute atomic E-state index is 9.01. The molecule has 1 aromatic heterocycles. The number of benzene rings is 3. The molecule has 0 atom stereocenters. The van der Waals surface area contributed by atoms with Crippen molar-refractivity contribution in [3.63, 3.8) is 0 Å². The molecule has 0 saturated heterocycles. The summed E-state index contributed by atoms with van der Waals surface area (Å²) in [6.07, 6.45) is 1.05. The van der Waals surface area contributed by atoms with Gasteiger partial charge in [0.25, 0.3) is 0 Å². The zero-order valence-electron chi connectivity index (χ0n) is 20.5.